The molecule has 2 heterocycles. The van der Waals surface area contributed by atoms with Gasteiger partial charge in [-0.15, -0.1) is 0 Å². The van der Waals surface area contributed by atoms with Crippen LogP contribution in [-0.4, -0.2) is 21.2 Å². The van der Waals surface area contributed by atoms with Crippen molar-refractivity contribution in [3.8, 4) is 5.75 Å². The van der Waals surface area contributed by atoms with Crippen molar-refractivity contribution >= 4 is 5.97 Å². The van der Waals surface area contributed by atoms with E-state index in [-0.39, 0.29) is 11.4 Å². The second-order valence-electron chi connectivity index (χ2n) is 3.27. The summed E-state index contributed by atoms with van der Waals surface area (Å²) in [7, 11) is 0. The minimum absolute atomic E-state index is 0.0346. The molecule has 0 bridgehead atoms. The largest absolute Gasteiger partial charge is 0.420 e. The van der Waals surface area contributed by atoms with Crippen LogP contribution in [-0.2, 0) is 6.18 Å². The average molecular weight is 257 g/mol. The molecule has 2 aromatic rings. The molecule has 2 rings (SSSR count). The molecule has 0 spiro atoms. The van der Waals surface area contributed by atoms with Crippen molar-refractivity contribution in [1.82, 2.24) is 15.2 Å². The summed E-state index contributed by atoms with van der Waals surface area (Å²) < 4.78 is 41.9. The molecule has 8 heteroatoms. The van der Waals surface area contributed by atoms with E-state index in [0.29, 0.717) is 12.3 Å². The molecule has 0 aliphatic carbocycles. The molecule has 0 unspecified atom stereocenters. The first-order chi connectivity index (χ1) is 8.47. The van der Waals surface area contributed by atoms with Gasteiger partial charge in [0.05, 0.1) is 11.8 Å². The Kier molecular flexibility index (Phi) is 3.00. The van der Waals surface area contributed by atoms with Crippen molar-refractivity contribution in [2.75, 3.05) is 0 Å². The number of hydrogen-bond acceptors (Lipinski definition) is 4. The van der Waals surface area contributed by atoms with Gasteiger partial charge in [0.25, 0.3) is 0 Å². The molecule has 0 fully saturated rings. The van der Waals surface area contributed by atoms with E-state index in [1.165, 1.54) is 12.3 Å². The molecule has 0 aromatic carbocycles. The monoisotopic (exact) mass is 257 g/mol. The number of nitrogens with zero attached hydrogens (tertiary/aromatic N) is 2. The van der Waals surface area contributed by atoms with Crippen LogP contribution in [0.15, 0.2) is 30.7 Å². The molecule has 0 amide bonds. The summed E-state index contributed by atoms with van der Waals surface area (Å²) in [4.78, 5) is 14.8. The van der Waals surface area contributed by atoms with Gasteiger partial charge in [0, 0.05) is 12.4 Å². The highest BCUT2D eigenvalue weighted by molar-refractivity contribution is 5.88. The average Bonchev–Trinajstić information content (AvgIpc) is 2.81. The second-order valence-corrected chi connectivity index (χ2v) is 3.27. The predicted octanol–water partition coefficient (Wildman–Crippen LogP) is 2.04. The molecule has 0 aliphatic heterocycles. The van der Waals surface area contributed by atoms with Crippen LogP contribution in [0.1, 0.15) is 16.1 Å². The summed E-state index contributed by atoms with van der Waals surface area (Å²) in [5, 5.41) is 5.86. The quantitative estimate of drug-likeness (QED) is 0.836. The van der Waals surface area contributed by atoms with Gasteiger partial charge in [0.1, 0.15) is 11.4 Å². The number of hydrogen-bond donors (Lipinski definition) is 1. The summed E-state index contributed by atoms with van der Waals surface area (Å²) in [6.45, 7) is 0. The number of H-pyrrole nitrogens is 1. The van der Waals surface area contributed by atoms with Gasteiger partial charge in [-0.1, -0.05) is 0 Å². The van der Waals surface area contributed by atoms with Crippen LogP contribution < -0.4 is 4.74 Å². The van der Waals surface area contributed by atoms with Crippen LogP contribution in [0.2, 0.25) is 0 Å². The zero-order valence-corrected chi connectivity index (χ0v) is 8.73. The van der Waals surface area contributed by atoms with Gasteiger partial charge in [-0.3, -0.25) is 10.1 Å². The first kappa shape index (κ1) is 12.1. The highest BCUT2D eigenvalue weighted by Crippen LogP contribution is 2.30. The molecular formula is C10H6F3N3O2. The third-order valence-electron chi connectivity index (χ3n) is 1.97. The molecular weight excluding hydrogens is 251 g/mol. The third kappa shape index (κ3) is 2.65. The van der Waals surface area contributed by atoms with Gasteiger partial charge in [-0.25, -0.2) is 4.79 Å². The van der Waals surface area contributed by atoms with E-state index in [4.69, 9.17) is 4.74 Å². The summed E-state index contributed by atoms with van der Waals surface area (Å²) in [5.74, 6) is -1.13. The van der Waals surface area contributed by atoms with Gasteiger partial charge in [0.2, 0.25) is 0 Å². The lowest BCUT2D eigenvalue weighted by atomic mass is 10.3. The van der Waals surface area contributed by atoms with Crippen LogP contribution in [0.3, 0.4) is 0 Å². The normalized spacial score (nSPS) is 11.3. The summed E-state index contributed by atoms with van der Waals surface area (Å²) >= 11 is 0. The van der Waals surface area contributed by atoms with Crippen molar-refractivity contribution in [1.29, 1.82) is 0 Å². The first-order valence-electron chi connectivity index (χ1n) is 4.70. The molecule has 2 aromatic heterocycles. The number of pyridine rings is 1. The second kappa shape index (κ2) is 4.47. The Balaban J connectivity index is 2.18. The standard InChI is InChI=1S/C10H6F3N3O2/c11-10(12,13)6-3-7(5-14-4-6)18-9(17)8-1-2-15-16-8/h1-5H,(H,15,16). The maximum absolute atomic E-state index is 12.4. The lowest BCUT2D eigenvalue weighted by molar-refractivity contribution is -0.137. The van der Waals surface area contributed by atoms with Gasteiger partial charge in [-0.05, 0) is 12.1 Å². The predicted molar refractivity (Wildman–Crippen MR) is 52.8 cm³/mol. The van der Waals surface area contributed by atoms with Crippen LogP contribution in [0.5, 0.6) is 5.75 Å². The fourth-order valence-corrected chi connectivity index (χ4v) is 1.16. The molecule has 5 nitrogen and oxygen atoms in total. The Bertz CT molecular complexity index is 552. The number of aromatic amines is 1. The number of esters is 1. The van der Waals surface area contributed by atoms with Gasteiger partial charge in [0.15, 0.2) is 0 Å². The Morgan fingerprint density at radius 1 is 1.33 bits per heavy atom. The maximum Gasteiger partial charge on any atom is 0.418 e. The fraction of sp³-hybridized carbons (Fsp3) is 0.100. The van der Waals surface area contributed by atoms with E-state index in [9.17, 15) is 18.0 Å². The van der Waals surface area contributed by atoms with Crippen molar-refractivity contribution in [3.05, 3.63) is 42.0 Å². The summed E-state index contributed by atoms with van der Waals surface area (Å²) in [5.41, 5.74) is -0.954. The molecule has 0 atom stereocenters. The van der Waals surface area contributed by atoms with E-state index in [0.717, 1.165) is 6.20 Å². The molecule has 18 heavy (non-hydrogen) atoms. The van der Waals surface area contributed by atoms with E-state index in [1.807, 2.05) is 0 Å². The molecule has 94 valence electrons. The SMILES string of the molecule is O=C(Oc1cncc(C(F)(F)F)c1)c1ccn[nH]1. The molecule has 1 N–H and O–H groups in total. The van der Waals surface area contributed by atoms with Gasteiger partial charge < -0.3 is 4.74 Å². The van der Waals surface area contributed by atoms with Crippen molar-refractivity contribution < 1.29 is 22.7 Å². The maximum atomic E-state index is 12.4. The Morgan fingerprint density at radius 2 is 2.11 bits per heavy atom. The minimum atomic E-state index is -4.54. The molecule has 0 radical (unpaired) electrons. The van der Waals surface area contributed by atoms with Crippen LogP contribution in [0.4, 0.5) is 13.2 Å². The van der Waals surface area contributed by atoms with Crippen molar-refractivity contribution in [3.63, 3.8) is 0 Å². The van der Waals surface area contributed by atoms with E-state index in [2.05, 4.69) is 15.2 Å². The zero-order valence-electron chi connectivity index (χ0n) is 8.73. The number of carbonyl (C=O) groups is 1. The van der Waals surface area contributed by atoms with Gasteiger partial charge in [-0.2, -0.15) is 18.3 Å². The lowest BCUT2D eigenvalue weighted by Gasteiger charge is -2.07. The van der Waals surface area contributed by atoms with Crippen LogP contribution in [0.25, 0.3) is 0 Å². The first-order valence-corrected chi connectivity index (χ1v) is 4.70. The highest BCUT2D eigenvalue weighted by atomic mass is 19.4. The summed E-state index contributed by atoms with van der Waals surface area (Å²) in [6.07, 6.45) is -1.55. The van der Waals surface area contributed by atoms with Crippen LogP contribution in [0, 0.1) is 0 Å². The number of halogens is 3. The number of ether oxygens (including phenoxy) is 1. The third-order valence-corrected chi connectivity index (χ3v) is 1.97. The Morgan fingerprint density at radius 3 is 2.72 bits per heavy atom. The van der Waals surface area contributed by atoms with E-state index >= 15 is 0 Å². The van der Waals surface area contributed by atoms with Crippen LogP contribution >= 0.6 is 0 Å². The number of carbonyl (C=O) groups excluding carboxylic acids is 1. The zero-order chi connectivity index (χ0) is 13.2. The number of nitrogens with one attached hydrogen (secondary N) is 1. The number of alkyl halides is 3. The smallest absolute Gasteiger partial charge is 0.418 e. The lowest BCUT2D eigenvalue weighted by Crippen LogP contribution is -2.11. The molecule has 0 saturated carbocycles. The molecule has 0 aliphatic rings. The van der Waals surface area contributed by atoms with Crippen molar-refractivity contribution in [2.24, 2.45) is 0 Å². The van der Waals surface area contributed by atoms with Gasteiger partial charge >= 0.3 is 12.1 Å². The number of rotatable bonds is 2. The number of aromatic nitrogens is 3. The Hall–Kier alpha value is -2.38. The highest BCUT2D eigenvalue weighted by Gasteiger charge is 2.31. The Labute approximate surface area is 98.6 Å². The minimum Gasteiger partial charge on any atom is -0.420 e. The van der Waals surface area contributed by atoms with Crippen molar-refractivity contribution in [2.45, 2.75) is 6.18 Å². The summed E-state index contributed by atoms with van der Waals surface area (Å²) in [6, 6.07) is 2.03. The molecule has 0 saturated heterocycles. The fourth-order valence-electron chi connectivity index (χ4n) is 1.16. The van der Waals surface area contributed by atoms with E-state index in [1.54, 1.807) is 0 Å². The van der Waals surface area contributed by atoms with E-state index < -0.39 is 17.7 Å². The topological polar surface area (TPSA) is 67.9 Å².